The minimum absolute atomic E-state index is 0.0928. The SMILES string of the molecule is COC(=O)C[C@H]1c2[nH]c3ccccc3c2CCN1C(=O)OC(C)(C)C. The van der Waals surface area contributed by atoms with Crippen molar-refractivity contribution >= 4 is 23.0 Å². The molecule has 0 saturated heterocycles. The molecule has 0 radical (unpaired) electrons. The maximum Gasteiger partial charge on any atom is 0.410 e. The monoisotopic (exact) mass is 344 g/mol. The molecule has 2 aromatic rings. The van der Waals surface area contributed by atoms with E-state index in [2.05, 4.69) is 11.1 Å². The summed E-state index contributed by atoms with van der Waals surface area (Å²) in [6.07, 6.45) is 0.400. The lowest BCUT2D eigenvalue weighted by atomic mass is 9.95. The first-order chi connectivity index (χ1) is 11.8. The number of carbonyl (C=O) groups is 2. The number of carbonyl (C=O) groups excluding carboxylic acids is 2. The first-order valence-corrected chi connectivity index (χ1v) is 8.46. The number of benzene rings is 1. The average molecular weight is 344 g/mol. The molecule has 0 aliphatic carbocycles. The summed E-state index contributed by atoms with van der Waals surface area (Å²) >= 11 is 0. The molecular formula is C19H24N2O4. The van der Waals surface area contributed by atoms with Gasteiger partial charge in [0.05, 0.1) is 19.6 Å². The summed E-state index contributed by atoms with van der Waals surface area (Å²) in [6.45, 7) is 6.00. The molecule has 1 N–H and O–H groups in total. The molecule has 1 atom stereocenters. The predicted octanol–water partition coefficient (Wildman–Crippen LogP) is 3.57. The van der Waals surface area contributed by atoms with Crippen LogP contribution in [0.1, 0.15) is 44.5 Å². The number of nitrogens with zero attached hydrogens (tertiary/aromatic N) is 1. The van der Waals surface area contributed by atoms with Crippen molar-refractivity contribution in [3.05, 3.63) is 35.5 Å². The molecule has 3 rings (SSSR count). The third-order valence-electron chi connectivity index (χ3n) is 4.37. The van der Waals surface area contributed by atoms with Crippen molar-refractivity contribution in [3.63, 3.8) is 0 Å². The molecule has 134 valence electrons. The normalized spacial score (nSPS) is 17.3. The first kappa shape index (κ1) is 17.3. The number of para-hydroxylation sites is 1. The summed E-state index contributed by atoms with van der Waals surface area (Å²) in [5.74, 6) is -0.356. The molecule has 0 unspecified atom stereocenters. The lowest BCUT2D eigenvalue weighted by molar-refractivity contribution is -0.142. The van der Waals surface area contributed by atoms with Crippen LogP contribution in [0.25, 0.3) is 10.9 Å². The van der Waals surface area contributed by atoms with Crippen molar-refractivity contribution in [2.24, 2.45) is 0 Å². The second-order valence-electron chi connectivity index (χ2n) is 7.28. The Morgan fingerprint density at radius 1 is 1.28 bits per heavy atom. The summed E-state index contributed by atoms with van der Waals surface area (Å²) in [5.41, 5.74) is 2.47. The maximum absolute atomic E-state index is 12.7. The Balaban J connectivity index is 2.00. The molecule has 6 heteroatoms. The van der Waals surface area contributed by atoms with Gasteiger partial charge in [-0.05, 0) is 38.8 Å². The van der Waals surface area contributed by atoms with Crippen LogP contribution in [0.2, 0.25) is 0 Å². The Labute approximate surface area is 147 Å². The number of rotatable bonds is 2. The number of nitrogens with one attached hydrogen (secondary N) is 1. The number of hydrogen-bond donors (Lipinski definition) is 1. The molecular weight excluding hydrogens is 320 g/mol. The minimum Gasteiger partial charge on any atom is -0.469 e. The molecule has 2 heterocycles. The van der Waals surface area contributed by atoms with Gasteiger partial charge in [-0.2, -0.15) is 0 Å². The van der Waals surface area contributed by atoms with Crippen LogP contribution in [0.4, 0.5) is 4.79 Å². The zero-order chi connectivity index (χ0) is 18.2. The minimum atomic E-state index is -0.590. The Hall–Kier alpha value is -2.50. The van der Waals surface area contributed by atoms with Crippen LogP contribution in [-0.2, 0) is 20.7 Å². The van der Waals surface area contributed by atoms with Crippen LogP contribution in [0.5, 0.6) is 0 Å². The van der Waals surface area contributed by atoms with Crippen LogP contribution >= 0.6 is 0 Å². The fourth-order valence-corrected chi connectivity index (χ4v) is 3.31. The molecule has 0 saturated carbocycles. The smallest absolute Gasteiger partial charge is 0.410 e. The van der Waals surface area contributed by atoms with E-state index in [1.165, 1.54) is 7.11 Å². The van der Waals surface area contributed by atoms with Gasteiger partial charge in [-0.3, -0.25) is 9.69 Å². The second kappa shape index (κ2) is 6.43. The fraction of sp³-hybridized carbons (Fsp3) is 0.474. The predicted molar refractivity (Wildman–Crippen MR) is 94.3 cm³/mol. The van der Waals surface area contributed by atoms with Crippen molar-refractivity contribution in [2.75, 3.05) is 13.7 Å². The third kappa shape index (κ3) is 3.48. The lowest BCUT2D eigenvalue weighted by Crippen LogP contribution is -2.43. The van der Waals surface area contributed by atoms with Gasteiger partial charge < -0.3 is 14.5 Å². The van der Waals surface area contributed by atoms with Gasteiger partial charge >= 0.3 is 12.1 Å². The summed E-state index contributed by atoms with van der Waals surface area (Å²) in [4.78, 5) is 29.6. The molecule has 0 fully saturated rings. The zero-order valence-electron chi connectivity index (χ0n) is 15.1. The summed E-state index contributed by atoms with van der Waals surface area (Å²) in [7, 11) is 1.36. The molecule has 6 nitrogen and oxygen atoms in total. The number of H-pyrrole nitrogens is 1. The highest BCUT2D eigenvalue weighted by atomic mass is 16.6. The highest BCUT2D eigenvalue weighted by molar-refractivity contribution is 5.86. The van der Waals surface area contributed by atoms with Crippen LogP contribution in [-0.4, -0.2) is 41.2 Å². The van der Waals surface area contributed by atoms with Crippen LogP contribution in [0, 0.1) is 0 Å². The van der Waals surface area contributed by atoms with Gasteiger partial charge in [0.15, 0.2) is 0 Å². The number of esters is 1. The van der Waals surface area contributed by atoms with E-state index in [4.69, 9.17) is 9.47 Å². The van der Waals surface area contributed by atoms with E-state index < -0.39 is 17.7 Å². The maximum atomic E-state index is 12.7. The topological polar surface area (TPSA) is 71.6 Å². The van der Waals surface area contributed by atoms with E-state index in [1.807, 2.05) is 39.0 Å². The summed E-state index contributed by atoms with van der Waals surface area (Å²) in [6, 6.07) is 7.60. The molecule has 1 amide bonds. The fourth-order valence-electron chi connectivity index (χ4n) is 3.31. The van der Waals surface area contributed by atoms with Crippen molar-refractivity contribution in [2.45, 2.75) is 45.3 Å². The number of methoxy groups -OCH3 is 1. The lowest BCUT2D eigenvalue weighted by Gasteiger charge is -2.36. The molecule has 1 aromatic carbocycles. The van der Waals surface area contributed by atoms with Crippen molar-refractivity contribution in [3.8, 4) is 0 Å². The standard InChI is InChI=1S/C19H24N2O4/c1-19(2,3)25-18(23)21-10-9-13-12-7-5-6-8-14(12)20-17(13)15(21)11-16(22)24-4/h5-8,15,20H,9-11H2,1-4H3/t15-/m0/s1. The summed E-state index contributed by atoms with van der Waals surface area (Å²) in [5, 5.41) is 1.14. The van der Waals surface area contributed by atoms with Gasteiger partial charge in [-0.15, -0.1) is 0 Å². The molecule has 1 aromatic heterocycles. The third-order valence-corrected chi connectivity index (χ3v) is 4.37. The Kier molecular flexibility index (Phi) is 4.45. The number of hydrogen-bond acceptors (Lipinski definition) is 4. The number of amides is 1. The van der Waals surface area contributed by atoms with E-state index in [0.29, 0.717) is 6.54 Å². The highest BCUT2D eigenvalue weighted by Gasteiger charge is 2.37. The van der Waals surface area contributed by atoms with E-state index in [0.717, 1.165) is 28.6 Å². The Morgan fingerprint density at radius 2 is 2.00 bits per heavy atom. The van der Waals surface area contributed by atoms with Crippen molar-refractivity contribution in [1.82, 2.24) is 9.88 Å². The molecule has 1 aliphatic rings. The van der Waals surface area contributed by atoms with E-state index >= 15 is 0 Å². The quantitative estimate of drug-likeness (QED) is 0.846. The van der Waals surface area contributed by atoms with E-state index in [9.17, 15) is 9.59 Å². The van der Waals surface area contributed by atoms with Crippen molar-refractivity contribution in [1.29, 1.82) is 0 Å². The van der Waals surface area contributed by atoms with E-state index in [1.54, 1.807) is 4.90 Å². The van der Waals surface area contributed by atoms with Crippen molar-refractivity contribution < 1.29 is 19.1 Å². The summed E-state index contributed by atoms with van der Waals surface area (Å²) < 4.78 is 10.4. The number of aromatic amines is 1. The first-order valence-electron chi connectivity index (χ1n) is 8.46. The van der Waals surface area contributed by atoms with Gasteiger partial charge in [-0.1, -0.05) is 18.2 Å². The van der Waals surface area contributed by atoms with Crippen LogP contribution in [0.15, 0.2) is 24.3 Å². The highest BCUT2D eigenvalue weighted by Crippen LogP contribution is 2.37. The van der Waals surface area contributed by atoms with Crippen LogP contribution < -0.4 is 0 Å². The average Bonchev–Trinajstić information content (AvgIpc) is 2.92. The Morgan fingerprint density at radius 3 is 2.68 bits per heavy atom. The second-order valence-corrected chi connectivity index (χ2v) is 7.28. The molecule has 25 heavy (non-hydrogen) atoms. The number of fused-ring (bicyclic) bond motifs is 3. The molecule has 1 aliphatic heterocycles. The van der Waals surface area contributed by atoms with E-state index in [-0.39, 0.29) is 12.4 Å². The number of ether oxygens (including phenoxy) is 2. The zero-order valence-corrected chi connectivity index (χ0v) is 15.1. The Bertz CT molecular complexity index is 803. The number of aromatic nitrogens is 1. The van der Waals surface area contributed by atoms with Gasteiger partial charge in [0, 0.05) is 23.1 Å². The van der Waals surface area contributed by atoms with Gasteiger partial charge in [-0.25, -0.2) is 4.79 Å². The molecule has 0 bridgehead atoms. The van der Waals surface area contributed by atoms with Gasteiger partial charge in [0.2, 0.25) is 0 Å². The van der Waals surface area contributed by atoms with Crippen LogP contribution in [0.3, 0.4) is 0 Å². The van der Waals surface area contributed by atoms with Gasteiger partial charge in [0.1, 0.15) is 5.60 Å². The van der Waals surface area contributed by atoms with Gasteiger partial charge in [0.25, 0.3) is 0 Å². The molecule has 0 spiro atoms. The largest absolute Gasteiger partial charge is 0.469 e.